The van der Waals surface area contributed by atoms with Gasteiger partial charge in [0.1, 0.15) is 0 Å². The Morgan fingerprint density at radius 3 is 2.26 bits per heavy atom. The van der Waals surface area contributed by atoms with Crippen molar-refractivity contribution in [1.82, 2.24) is 5.32 Å². The molecule has 120 valence electrons. The Morgan fingerprint density at radius 1 is 0.957 bits per heavy atom. The second kappa shape index (κ2) is 8.73. The van der Waals surface area contributed by atoms with E-state index in [-0.39, 0.29) is 11.9 Å². The highest BCUT2D eigenvalue weighted by molar-refractivity contribution is 5.94. The number of amides is 1. The molecule has 0 bridgehead atoms. The molecule has 0 radical (unpaired) electrons. The summed E-state index contributed by atoms with van der Waals surface area (Å²) in [5.74, 6) is -0.359. The molecule has 1 N–H and O–H groups in total. The van der Waals surface area contributed by atoms with Gasteiger partial charge < -0.3 is 10.1 Å². The predicted octanol–water partition coefficient (Wildman–Crippen LogP) is 3.43. The third kappa shape index (κ3) is 5.25. The first-order chi connectivity index (χ1) is 11.2. The van der Waals surface area contributed by atoms with Gasteiger partial charge in [-0.3, -0.25) is 9.59 Å². The summed E-state index contributed by atoms with van der Waals surface area (Å²) in [6.07, 6.45) is 0.897. The van der Waals surface area contributed by atoms with Crippen LogP contribution in [0, 0.1) is 0 Å². The van der Waals surface area contributed by atoms with E-state index in [0.29, 0.717) is 31.6 Å². The largest absolute Gasteiger partial charge is 0.466 e. The molecule has 2 rings (SSSR count). The Morgan fingerprint density at radius 2 is 1.61 bits per heavy atom. The van der Waals surface area contributed by atoms with E-state index >= 15 is 0 Å². The zero-order chi connectivity index (χ0) is 16.5. The molecule has 4 heteroatoms. The third-order valence-electron chi connectivity index (χ3n) is 3.40. The highest BCUT2D eigenvalue weighted by Gasteiger charge is 2.06. The molecular weight excluding hydrogens is 290 g/mol. The van der Waals surface area contributed by atoms with E-state index in [4.69, 9.17) is 4.74 Å². The van der Waals surface area contributed by atoms with E-state index in [0.717, 1.165) is 11.1 Å². The number of hydrogen-bond donors (Lipinski definition) is 1. The third-order valence-corrected chi connectivity index (χ3v) is 3.40. The van der Waals surface area contributed by atoms with Crippen molar-refractivity contribution >= 4 is 11.9 Å². The number of esters is 1. The molecule has 0 aliphatic carbocycles. The van der Waals surface area contributed by atoms with Crippen LogP contribution >= 0.6 is 0 Å². The maximum Gasteiger partial charge on any atom is 0.305 e. The second-order valence-electron chi connectivity index (χ2n) is 5.11. The number of rotatable bonds is 7. The molecule has 4 nitrogen and oxygen atoms in total. The Balaban J connectivity index is 1.82. The van der Waals surface area contributed by atoms with Crippen LogP contribution in [0.15, 0.2) is 54.6 Å². The van der Waals surface area contributed by atoms with E-state index in [1.165, 1.54) is 0 Å². The monoisotopic (exact) mass is 311 g/mol. The molecule has 0 atom stereocenters. The Labute approximate surface area is 136 Å². The van der Waals surface area contributed by atoms with Gasteiger partial charge in [-0.1, -0.05) is 42.5 Å². The number of carbonyl (C=O) groups is 2. The van der Waals surface area contributed by atoms with Crippen LogP contribution in [0.3, 0.4) is 0 Å². The van der Waals surface area contributed by atoms with Crippen molar-refractivity contribution in [3.63, 3.8) is 0 Å². The van der Waals surface area contributed by atoms with Crippen LogP contribution in [0.2, 0.25) is 0 Å². The molecule has 2 aromatic carbocycles. The number of nitrogens with one attached hydrogen (secondary N) is 1. The maximum absolute atomic E-state index is 12.0. The van der Waals surface area contributed by atoms with Gasteiger partial charge in [0.25, 0.3) is 5.91 Å². The van der Waals surface area contributed by atoms with Gasteiger partial charge in [0.15, 0.2) is 0 Å². The van der Waals surface area contributed by atoms with Gasteiger partial charge in [-0.05, 0) is 36.6 Å². The summed E-state index contributed by atoms with van der Waals surface area (Å²) in [7, 11) is 0. The topological polar surface area (TPSA) is 55.4 Å². The van der Waals surface area contributed by atoms with Crippen molar-refractivity contribution in [2.24, 2.45) is 0 Å². The average molecular weight is 311 g/mol. The highest BCUT2D eigenvalue weighted by Crippen LogP contribution is 2.19. The lowest BCUT2D eigenvalue weighted by molar-refractivity contribution is -0.143. The van der Waals surface area contributed by atoms with Crippen LogP contribution in [0.1, 0.15) is 30.1 Å². The van der Waals surface area contributed by atoms with Crippen LogP contribution in [-0.2, 0) is 9.53 Å². The minimum atomic E-state index is -0.228. The van der Waals surface area contributed by atoms with Crippen LogP contribution in [0.5, 0.6) is 0 Å². The molecule has 0 saturated heterocycles. The standard InChI is InChI=1S/C19H21NO3/c1-2-23-18(21)9-6-14-20-19(22)17-12-10-16(11-13-17)15-7-4-3-5-8-15/h3-5,7-8,10-13H,2,6,9,14H2,1H3,(H,20,22). The van der Waals surface area contributed by atoms with E-state index in [1.807, 2.05) is 54.6 Å². The summed E-state index contributed by atoms with van der Waals surface area (Å²) < 4.78 is 4.84. The molecule has 0 aliphatic heterocycles. The predicted molar refractivity (Wildman–Crippen MR) is 90.1 cm³/mol. The van der Waals surface area contributed by atoms with E-state index < -0.39 is 0 Å². The molecule has 0 spiro atoms. The smallest absolute Gasteiger partial charge is 0.305 e. The van der Waals surface area contributed by atoms with Crippen LogP contribution in [0.4, 0.5) is 0 Å². The molecule has 0 aromatic heterocycles. The first kappa shape index (κ1) is 16.7. The molecule has 0 aliphatic rings. The molecule has 0 unspecified atom stereocenters. The lowest BCUT2D eigenvalue weighted by atomic mass is 10.0. The SMILES string of the molecule is CCOC(=O)CCCNC(=O)c1ccc(-c2ccccc2)cc1. The Bertz CT molecular complexity index is 635. The van der Waals surface area contributed by atoms with Gasteiger partial charge in [-0.25, -0.2) is 0 Å². The number of hydrogen-bond acceptors (Lipinski definition) is 3. The van der Waals surface area contributed by atoms with Crippen LogP contribution < -0.4 is 5.32 Å². The Kier molecular flexibility index (Phi) is 6.36. The summed E-state index contributed by atoms with van der Waals surface area (Å²) in [5.41, 5.74) is 2.80. The summed E-state index contributed by atoms with van der Waals surface area (Å²) >= 11 is 0. The van der Waals surface area contributed by atoms with E-state index in [2.05, 4.69) is 5.32 Å². The fourth-order valence-corrected chi connectivity index (χ4v) is 2.21. The van der Waals surface area contributed by atoms with Crippen LogP contribution in [0.25, 0.3) is 11.1 Å². The van der Waals surface area contributed by atoms with Crippen molar-refractivity contribution in [3.05, 3.63) is 60.2 Å². The first-order valence-corrected chi connectivity index (χ1v) is 7.80. The molecule has 2 aromatic rings. The first-order valence-electron chi connectivity index (χ1n) is 7.80. The summed E-state index contributed by atoms with van der Waals surface area (Å²) in [5, 5.41) is 2.81. The van der Waals surface area contributed by atoms with Gasteiger partial charge in [0, 0.05) is 18.5 Å². The van der Waals surface area contributed by atoms with Crippen molar-refractivity contribution in [3.8, 4) is 11.1 Å². The highest BCUT2D eigenvalue weighted by atomic mass is 16.5. The number of carbonyl (C=O) groups excluding carboxylic acids is 2. The molecule has 1 amide bonds. The van der Waals surface area contributed by atoms with Crippen molar-refractivity contribution in [2.45, 2.75) is 19.8 Å². The maximum atomic E-state index is 12.0. The molecule has 0 saturated carbocycles. The lowest BCUT2D eigenvalue weighted by Crippen LogP contribution is -2.25. The summed E-state index contributed by atoms with van der Waals surface area (Å²) in [4.78, 5) is 23.2. The molecule has 23 heavy (non-hydrogen) atoms. The zero-order valence-corrected chi connectivity index (χ0v) is 13.2. The summed E-state index contributed by atoms with van der Waals surface area (Å²) in [6.45, 7) is 2.62. The average Bonchev–Trinajstić information content (AvgIpc) is 2.60. The minimum absolute atomic E-state index is 0.131. The quantitative estimate of drug-likeness (QED) is 0.629. The molecular formula is C19H21NO3. The normalized spacial score (nSPS) is 10.1. The number of ether oxygens (including phenoxy) is 1. The fourth-order valence-electron chi connectivity index (χ4n) is 2.21. The summed E-state index contributed by atoms with van der Waals surface area (Å²) in [6, 6.07) is 17.5. The Hall–Kier alpha value is -2.62. The van der Waals surface area contributed by atoms with Crippen LogP contribution in [-0.4, -0.2) is 25.0 Å². The van der Waals surface area contributed by atoms with Gasteiger partial charge >= 0.3 is 5.97 Å². The van der Waals surface area contributed by atoms with Gasteiger partial charge in [0.2, 0.25) is 0 Å². The van der Waals surface area contributed by atoms with E-state index in [1.54, 1.807) is 6.92 Å². The van der Waals surface area contributed by atoms with Gasteiger partial charge in [-0.15, -0.1) is 0 Å². The van der Waals surface area contributed by atoms with Gasteiger partial charge in [-0.2, -0.15) is 0 Å². The fraction of sp³-hybridized carbons (Fsp3) is 0.263. The lowest BCUT2D eigenvalue weighted by Gasteiger charge is -2.06. The van der Waals surface area contributed by atoms with Crippen molar-refractivity contribution in [2.75, 3.05) is 13.2 Å². The zero-order valence-electron chi connectivity index (χ0n) is 13.2. The van der Waals surface area contributed by atoms with Crippen molar-refractivity contribution in [1.29, 1.82) is 0 Å². The van der Waals surface area contributed by atoms with Gasteiger partial charge in [0.05, 0.1) is 6.61 Å². The molecule has 0 fully saturated rings. The minimum Gasteiger partial charge on any atom is -0.466 e. The number of benzene rings is 2. The van der Waals surface area contributed by atoms with Crippen molar-refractivity contribution < 1.29 is 14.3 Å². The second-order valence-corrected chi connectivity index (χ2v) is 5.11. The molecule has 0 heterocycles. The van der Waals surface area contributed by atoms with E-state index in [9.17, 15) is 9.59 Å².